The molecule has 0 spiro atoms. The van der Waals surface area contributed by atoms with E-state index in [0.717, 1.165) is 11.1 Å². The first-order valence-corrected chi connectivity index (χ1v) is 3.68. The third-order valence-electron chi connectivity index (χ3n) is 1.54. The lowest BCUT2D eigenvalue weighted by atomic mass is 10.00. The summed E-state index contributed by atoms with van der Waals surface area (Å²) in [5, 5.41) is 8.73. The second-order valence-corrected chi connectivity index (χ2v) is 2.78. The summed E-state index contributed by atoms with van der Waals surface area (Å²) in [5.41, 5.74) is 2.01. The Hall–Kier alpha value is -0.820. The molecule has 0 heterocycles. The molecule has 0 aliphatic heterocycles. The Kier molecular flexibility index (Phi) is 4.55. The smallest absolute Gasteiger partial charge is 0.0639 e. The molecule has 1 N–H and O–H groups in total. The molecule has 0 saturated carbocycles. The van der Waals surface area contributed by atoms with E-state index in [9.17, 15) is 0 Å². The molecule has 1 heteroatoms. The lowest BCUT2D eigenvalue weighted by molar-refractivity contribution is 0.330. The summed E-state index contributed by atoms with van der Waals surface area (Å²) in [5.74, 6) is 0.196. The van der Waals surface area contributed by atoms with Crippen LogP contribution in [0.25, 0.3) is 0 Å². The molecule has 0 radical (unpaired) electrons. The van der Waals surface area contributed by atoms with Crippen molar-refractivity contribution in [1.29, 1.82) is 0 Å². The van der Waals surface area contributed by atoms with Gasteiger partial charge in [0.15, 0.2) is 0 Å². The Morgan fingerprint density at radius 1 is 1.55 bits per heavy atom. The van der Waals surface area contributed by atoms with Gasteiger partial charge in [0, 0.05) is 5.92 Å². The zero-order chi connectivity index (χ0) is 8.85. The molecule has 0 aromatic carbocycles. The van der Waals surface area contributed by atoms with Crippen LogP contribution in [0.15, 0.2) is 36.5 Å². The Labute approximate surface area is 68.7 Å². The van der Waals surface area contributed by atoms with Crippen molar-refractivity contribution in [2.45, 2.75) is 13.8 Å². The highest BCUT2D eigenvalue weighted by atomic mass is 16.3. The van der Waals surface area contributed by atoms with Gasteiger partial charge in [0.2, 0.25) is 0 Å². The van der Waals surface area contributed by atoms with E-state index in [1.807, 2.05) is 26.0 Å². The average Bonchev–Trinajstić information content (AvgIpc) is 1.99. The van der Waals surface area contributed by atoms with Crippen molar-refractivity contribution < 1.29 is 5.11 Å². The Morgan fingerprint density at radius 3 is 2.36 bits per heavy atom. The minimum atomic E-state index is 0.109. The van der Waals surface area contributed by atoms with Crippen LogP contribution in [-0.2, 0) is 0 Å². The molecule has 1 nitrogen and oxygen atoms in total. The lowest BCUT2D eigenvalue weighted by Crippen LogP contribution is -1.95. The van der Waals surface area contributed by atoms with Crippen LogP contribution in [0.5, 0.6) is 0 Å². The van der Waals surface area contributed by atoms with Crippen LogP contribution in [0.3, 0.4) is 0 Å². The molecule has 0 rings (SSSR count). The van der Waals surface area contributed by atoms with Gasteiger partial charge in [0.05, 0.1) is 6.61 Å². The maximum atomic E-state index is 8.73. The number of hydrogen-bond acceptors (Lipinski definition) is 1. The van der Waals surface area contributed by atoms with Gasteiger partial charge in [-0.2, -0.15) is 0 Å². The molecule has 0 aromatic rings. The summed E-state index contributed by atoms with van der Waals surface area (Å²) in [4.78, 5) is 0. The SMILES string of the molecule is C=C[C@H](/C=C(\C)CO)C(=C)C. The van der Waals surface area contributed by atoms with Crippen molar-refractivity contribution in [3.05, 3.63) is 36.5 Å². The van der Waals surface area contributed by atoms with Gasteiger partial charge < -0.3 is 5.11 Å². The van der Waals surface area contributed by atoms with E-state index in [2.05, 4.69) is 13.2 Å². The normalized spacial score (nSPS) is 14.3. The molecule has 0 fully saturated rings. The van der Waals surface area contributed by atoms with E-state index >= 15 is 0 Å². The van der Waals surface area contributed by atoms with Crippen LogP contribution >= 0.6 is 0 Å². The van der Waals surface area contributed by atoms with E-state index in [-0.39, 0.29) is 12.5 Å². The minimum Gasteiger partial charge on any atom is -0.392 e. The summed E-state index contributed by atoms with van der Waals surface area (Å²) in [6.07, 6.45) is 3.79. The fourth-order valence-electron chi connectivity index (χ4n) is 0.771. The van der Waals surface area contributed by atoms with Crippen LogP contribution in [0, 0.1) is 5.92 Å². The van der Waals surface area contributed by atoms with E-state index in [4.69, 9.17) is 5.11 Å². The molecule has 0 amide bonds. The van der Waals surface area contributed by atoms with E-state index < -0.39 is 0 Å². The molecule has 1 atom stereocenters. The molecular formula is C10H16O. The van der Waals surface area contributed by atoms with Crippen LogP contribution in [-0.4, -0.2) is 11.7 Å². The standard InChI is InChI=1S/C10H16O/c1-5-10(8(2)3)6-9(4)7-11/h5-6,10-11H,1-2,7H2,3-4H3/b9-6+/t10-/m1/s1. The van der Waals surface area contributed by atoms with Crippen molar-refractivity contribution >= 4 is 0 Å². The maximum absolute atomic E-state index is 8.73. The fraction of sp³-hybridized carbons (Fsp3) is 0.400. The van der Waals surface area contributed by atoms with Gasteiger partial charge in [-0.25, -0.2) is 0 Å². The van der Waals surface area contributed by atoms with Crippen molar-refractivity contribution in [1.82, 2.24) is 0 Å². The van der Waals surface area contributed by atoms with Gasteiger partial charge in [-0.1, -0.05) is 29.9 Å². The first-order chi connectivity index (χ1) is 5.11. The first-order valence-electron chi connectivity index (χ1n) is 3.68. The van der Waals surface area contributed by atoms with Crippen LogP contribution in [0.4, 0.5) is 0 Å². The van der Waals surface area contributed by atoms with Crippen molar-refractivity contribution in [2.24, 2.45) is 5.92 Å². The van der Waals surface area contributed by atoms with Crippen molar-refractivity contribution in [3.63, 3.8) is 0 Å². The quantitative estimate of drug-likeness (QED) is 0.613. The summed E-state index contributed by atoms with van der Waals surface area (Å²) in [6.45, 7) is 11.4. The topological polar surface area (TPSA) is 20.2 Å². The summed E-state index contributed by atoms with van der Waals surface area (Å²) in [7, 11) is 0. The second-order valence-electron chi connectivity index (χ2n) is 2.78. The Balaban J connectivity index is 4.29. The molecule has 0 aliphatic rings. The predicted octanol–water partition coefficient (Wildman–Crippen LogP) is 2.30. The molecule has 11 heavy (non-hydrogen) atoms. The molecule has 0 saturated heterocycles. The third kappa shape index (κ3) is 3.79. The van der Waals surface area contributed by atoms with Crippen LogP contribution < -0.4 is 0 Å². The highest BCUT2D eigenvalue weighted by molar-refractivity contribution is 5.17. The van der Waals surface area contributed by atoms with Crippen molar-refractivity contribution in [2.75, 3.05) is 6.61 Å². The van der Waals surface area contributed by atoms with Gasteiger partial charge in [-0.05, 0) is 13.8 Å². The molecule has 62 valence electrons. The molecule has 0 bridgehead atoms. The van der Waals surface area contributed by atoms with Crippen LogP contribution in [0.2, 0.25) is 0 Å². The Bertz CT molecular complexity index is 177. The fourth-order valence-corrected chi connectivity index (χ4v) is 0.771. The van der Waals surface area contributed by atoms with Crippen LogP contribution in [0.1, 0.15) is 13.8 Å². The van der Waals surface area contributed by atoms with Crippen molar-refractivity contribution in [3.8, 4) is 0 Å². The molecule has 0 aliphatic carbocycles. The lowest BCUT2D eigenvalue weighted by Gasteiger charge is -2.07. The summed E-state index contributed by atoms with van der Waals surface area (Å²) < 4.78 is 0. The number of rotatable bonds is 4. The van der Waals surface area contributed by atoms with Gasteiger partial charge in [-0.3, -0.25) is 0 Å². The summed E-state index contributed by atoms with van der Waals surface area (Å²) in [6, 6.07) is 0. The van der Waals surface area contributed by atoms with E-state index in [0.29, 0.717) is 0 Å². The number of aliphatic hydroxyl groups excluding tert-OH is 1. The maximum Gasteiger partial charge on any atom is 0.0639 e. The monoisotopic (exact) mass is 152 g/mol. The zero-order valence-electron chi connectivity index (χ0n) is 7.30. The summed E-state index contributed by atoms with van der Waals surface area (Å²) >= 11 is 0. The predicted molar refractivity (Wildman–Crippen MR) is 49.3 cm³/mol. The first kappa shape index (κ1) is 10.2. The highest BCUT2D eigenvalue weighted by Gasteiger charge is 1.99. The van der Waals surface area contributed by atoms with Gasteiger partial charge in [0.1, 0.15) is 0 Å². The zero-order valence-corrected chi connectivity index (χ0v) is 7.30. The number of hydrogen-bond donors (Lipinski definition) is 1. The molecular weight excluding hydrogens is 136 g/mol. The van der Waals surface area contributed by atoms with E-state index in [1.165, 1.54) is 0 Å². The van der Waals surface area contributed by atoms with Gasteiger partial charge in [-0.15, -0.1) is 6.58 Å². The molecule has 0 aromatic heterocycles. The second kappa shape index (κ2) is 4.91. The largest absolute Gasteiger partial charge is 0.392 e. The van der Waals surface area contributed by atoms with Gasteiger partial charge in [0.25, 0.3) is 0 Å². The van der Waals surface area contributed by atoms with E-state index in [1.54, 1.807) is 0 Å². The minimum absolute atomic E-state index is 0.109. The molecule has 0 unspecified atom stereocenters. The number of aliphatic hydroxyl groups is 1. The average molecular weight is 152 g/mol. The third-order valence-corrected chi connectivity index (χ3v) is 1.54. The Morgan fingerprint density at radius 2 is 2.09 bits per heavy atom. The highest BCUT2D eigenvalue weighted by Crippen LogP contribution is 2.12. The van der Waals surface area contributed by atoms with Gasteiger partial charge >= 0.3 is 0 Å². The number of allylic oxidation sites excluding steroid dienone is 3.